The number of amides is 1. The van der Waals surface area contributed by atoms with Crippen LogP contribution in [0.5, 0.6) is 0 Å². The van der Waals surface area contributed by atoms with Crippen LogP contribution in [0.4, 0.5) is 0 Å². The van der Waals surface area contributed by atoms with E-state index in [4.69, 9.17) is 4.74 Å². The highest BCUT2D eigenvalue weighted by atomic mass is 16.5. The number of carbonyl (C=O) groups excluding carboxylic acids is 2. The van der Waals surface area contributed by atoms with E-state index in [1.165, 1.54) is 0 Å². The first-order valence-electron chi connectivity index (χ1n) is 8.90. The quantitative estimate of drug-likeness (QED) is 0.743. The van der Waals surface area contributed by atoms with Gasteiger partial charge < -0.3 is 15.0 Å². The molecule has 0 fully saturated rings. The average molecular weight is 360 g/mol. The summed E-state index contributed by atoms with van der Waals surface area (Å²) in [5.74, 6) is -0.407. The third-order valence-corrected chi connectivity index (χ3v) is 4.34. The average Bonchev–Trinajstić information content (AvgIpc) is 3.03. The summed E-state index contributed by atoms with van der Waals surface area (Å²) in [4.78, 5) is 27.6. The van der Waals surface area contributed by atoms with Gasteiger partial charge in [-0.25, -0.2) is 4.79 Å². The molecule has 0 aliphatic carbocycles. The molecule has 0 aliphatic rings. The Hall–Kier alpha value is -2.57. The second-order valence-electron chi connectivity index (χ2n) is 6.77. The summed E-state index contributed by atoms with van der Waals surface area (Å²) >= 11 is 0. The monoisotopic (exact) mass is 360 g/mol. The lowest BCUT2D eigenvalue weighted by Crippen LogP contribution is -2.31. The topological polar surface area (TPSA) is 89.0 Å². The molecule has 1 atom stereocenters. The maximum absolute atomic E-state index is 12.5. The maximum atomic E-state index is 12.5. The van der Waals surface area contributed by atoms with Crippen LogP contribution in [0.25, 0.3) is 0 Å². The molecule has 26 heavy (non-hydrogen) atoms. The SMILES string of the molecule is CCOC(=O)c1c(C)[nH]c(C(=O)NCC(C)Cn2nc(C)cc2C)c1C. The number of esters is 1. The number of aromatic amines is 1. The van der Waals surface area contributed by atoms with Crippen LogP contribution in [-0.4, -0.2) is 39.8 Å². The highest BCUT2D eigenvalue weighted by molar-refractivity contribution is 6.00. The van der Waals surface area contributed by atoms with E-state index >= 15 is 0 Å². The molecule has 0 aliphatic heterocycles. The van der Waals surface area contributed by atoms with Crippen molar-refractivity contribution in [1.82, 2.24) is 20.1 Å². The van der Waals surface area contributed by atoms with Crippen molar-refractivity contribution in [2.75, 3.05) is 13.2 Å². The van der Waals surface area contributed by atoms with Gasteiger partial charge in [0.25, 0.3) is 5.91 Å². The van der Waals surface area contributed by atoms with Crippen LogP contribution in [0.15, 0.2) is 6.07 Å². The molecule has 0 spiro atoms. The van der Waals surface area contributed by atoms with Crippen LogP contribution in [0, 0.1) is 33.6 Å². The van der Waals surface area contributed by atoms with E-state index < -0.39 is 5.97 Å². The lowest BCUT2D eigenvalue weighted by molar-refractivity contribution is 0.0525. The minimum Gasteiger partial charge on any atom is -0.462 e. The number of hydrogen-bond donors (Lipinski definition) is 2. The number of nitrogens with zero attached hydrogens (tertiary/aromatic N) is 2. The molecule has 0 bridgehead atoms. The van der Waals surface area contributed by atoms with Gasteiger partial charge in [-0.15, -0.1) is 0 Å². The normalized spacial score (nSPS) is 12.1. The molecule has 1 amide bonds. The van der Waals surface area contributed by atoms with Crippen LogP contribution < -0.4 is 5.32 Å². The standard InChI is InChI=1S/C19H28N4O3/c1-7-26-19(25)16-14(5)17(21-15(16)6)18(24)20-9-11(2)10-23-13(4)8-12(3)22-23/h8,11,21H,7,9-10H2,1-6H3,(H,20,24). The summed E-state index contributed by atoms with van der Waals surface area (Å²) in [6, 6.07) is 2.03. The Bertz CT molecular complexity index is 804. The van der Waals surface area contributed by atoms with E-state index in [0.717, 1.165) is 17.9 Å². The fraction of sp³-hybridized carbons (Fsp3) is 0.526. The Balaban J connectivity index is 2.00. The largest absolute Gasteiger partial charge is 0.462 e. The number of aryl methyl sites for hydroxylation is 3. The molecule has 7 heteroatoms. The van der Waals surface area contributed by atoms with Gasteiger partial charge in [-0.3, -0.25) is 9.48 Å². The van der Waals surface area contributed by atoms with E-state index in [1.807, 2.05) is 24.6 Å². The summed E-state index contributed by atoms with van der Waals surface area (Å²) in [7, 11) is 0. The highest BCUT2D eigenvalue weighted by Gasteiger charge is 2.23. The molecule has 0 radical (unpaired) electrons. The van der Waals surface area contributed by atoms with Crippen LogP contribution in [0.1, 0.15) is 57.3 Å². The fourth-order valence-electron chi connectivity index (χ4n) is 3.06. The zero-order chi connectivity index (χ0) is 19.4. The summed E-state index contributed by atoms with van der Waals surface area (Å²) < 4.78 is 7.01. The summed E-state index contributed by atoms with van der Waals surface area (Å²) in [5.41, 5.74) is 4.20. The van der Waals surface area contributed by atoms with Crippen LogP contribution in [0.2, 0.25) is 0 Å². The van der Waals surface area contributed by atoms with E-state index in [2.05, 4.69) is 22.3 Å². The first kappa shape index (κ1) is 19.8. The Morgan fingerprint density at radius 2 is 2.00 bits per heavy atom. The van der Waals surface area contributed by atoms with Crippen molar-refractivity contribution >= 4 is 11.9 Å². The molecule has 0 saturated carbocycles. The first-order chi connectivity index (χ1) is 12.2. The molecule has 2 heterocycles. The van der Waals surface area contributed by atoms with Crippen molar-refractivity contribution in [2.45, 2.75) is 48.1 Å². The number of hydrogen-bond acceptors (Lipinski definition) is 4. The number of H-pyrrole nitrogens is 1. The van der Waals surface area contributed by atoms with Gasteiger partial charge in [-0.05, 0) is 52.2 Å². The molecule has 142 valence electrons. The van der Waals surface area contributed by atoms with Crippen LogP contribution >= 0.6 is 0 Å². The molecule has 2 aromatic heterocycles. The van der Waals surface area contributed by atoms with Gasteiger partial charge in [0.1, 0.15) is 5.69 Å². The fourth-order valence-corrected chi connectivity index (χ4v) is 3.06. The first-order valence-corrected chi connectivity index (χ1v) is 8.90. The van der Waals surface area contributed by atoms with Gasteiger partial charge in [-0.1, -0.05) is 6.92 Å². The molecule has 0 saturated heterocycles. The number of rotatable bonds is 7. The molecule has 7 nitrogen and oxygen atoms in total. The van der Waals surface area contributed by atoms with Gasteiger partial charge in [0.2, 0.25) is 0 Å². The molecular weight excluding hydrogens is 332 g/mol. The number of nitrogens with one attached hydrogen (secondary N) is 2. The van der Waals surface area contributed by atoms with Crippen LogP contribution in [-0.2, 0) is 11.3 Å². The molecule has 2 rings (SSSR count). The lowest BCUT2D eigenvalue weighted by Gasteiger charge is -2.14. The summed E-state index contributed by atoms with van der Waals surface area (Å²) in [6.45, 7) is 12.9. The predicted octanol–water partition coefficient (Wildman–Crippen LogP) is 2.69. The lowest BCUT2D eigenvalue weighted by atomic mass is 10.1. The van der Waals surface area contributed by atoms with E-state index in [1.54, 1.807) is 20.8 Å². The Labute approximate surface area is 154 Å². The van der Waals surface area contributed by atoms with E-state index in [-0.39, 0.29) is 11.8 Å². The van der Waals surface area contributed by atoms with Crippen molar-refractivity contribution in [3.63, 3.8) is 0 Å². The van der Waals surface area contributed by atoms with Gasteiger partial charge in [0, 0.05) is 24.5 Å². The van der Waals surface area contributed by atoms with Crippen molar-refractivity contribution in [3.05, 3.63) is 40.0 Å². The summed E-state index contributed by atoms with van der Waals surface area (Å²) in [5, 5.41) is 7.38. The second-order valence-corrected chi connectivity index (χ2v) is 6.77. The van der Waals surface area contributed by atoms with Crippen molar-refractivity contribution < 1.29 is 14.3 Å². The Morgan fingerprint density at radius 1 is 1.31 bits per heavy atom. The third-order valence-electron chi connectivity index (χ3n) is 4.34. The Morgan fingerprint density at radius 3 is 2.58 bits per heavy atom. The molecule has 2 N–H and O–H groups in total. The second kappa shape index (κ2) is 8.21. The zero-order valence-electron chi connectivity index (χ0n) is 16.4. The molecular formula is C19H28N4O3. The molecule has 2 aromatic rings. The third kappa shape index (κ3) is 4.33. The highest BCUT2D eigenvalue weighted by Crippen LogP contribution is 2.19. The number of ether oxygens (including phenoxy) is 1. The minimum atomic E-state index is -0.407. The number of aromatic nitrogens is 3. The van der Waals surface area contributed by atoms with Crippen molar-refractivity contribution in [2.24, 2.45) is 5.92 Å². The maximum Gasteiger partial charge on any atom is 0.340 e. The van der Waals surface area contributed by atoms with Gasteiger partial charge >= 0.3 is 5.97 Å². The summed E-state index contributed by atoms with van der Waals surface area (Å²) in [6.07, 6.45) is 0. The molecule has 1 unspecified atom stereocenters. The van der Waals surface area contributed by atoms with Gasteiger partial charge in [0.15, 0.2) is 0 Å². The van der Waals surface area contributed by atoms with Gasteiger partial charge in [-0.2, -0.15) is 5.10 Å². The van der Waals surface area contributed by atoms with Crippen molar-refractivity contribution in [3.8, 4) is 0 Å². The minimum absolute atomic E-state index is 0.220. The van der Waals surface area contributed by atoms with Crippen LogP contribution in [0.3, 0.4) is 0 Å². The zero-order valence-corrected chi connectivity index (χ0v) is 16.4. The van der Waals surface area contributed by atoms with E-state index in [9.17, 15) is 9.59 Å². The smallest absolute Gasteiger partial charge is 0.340 e. The van der Waals surface area contributed by atoms with Gasteiger partial charge in [0.05, 0.1) is 17.9 Å². The number of carbonyl (C=O) groups is 2. The Kier molecular flexibility index (Phi) is 6.23. The van der Waals surface area contributed by atoms with Crippen molar-refractivity contribution in [1.29, 1.82) is 0 Å². The molecule has 0 aromatic carbocycles. The predicted molar refractivity (Wildman–Crippen MR) is 99.4 cm³/mol. The van der Waals surface area contributed by atoms with E-state index in [0.29, 0.717) is 35.7 Å².